The van der Waals surface area contributed by atoms with E-state index in [1.54, 1.807) is 36.4 Å². The molecule has 0 fully saturated rings. The monoisotopic (exact) mass is 489 g/mol. The number of halogens is 3. The van der Waals surface area contributed by atoms with Gasteiger partial charge >= 0.3 is 6.18 Å². The van der Waals surface area contributed by atoms with Crippen LogP contribution >= 0.6 is 0 Å². The van der Waals surface area contributed by atoms with Crippen molar-refractivity contribution < 1.29 is 21.6 Å². The second-order valence-electron chi connectivity index (χ2n) is 9.32. The van der Waals surface area contributed by atoms with Gasteiger partial charge in [-0.25, -0.2) is 13.4 Å². The van der Waals surface area contributed by atoms with Crippen LogP contribution < -0.4 is 9.62 Å². The summed E-state index contributed by atoms with van der Waals surface area (Å²) < 4.78 is 68.6. The first kappa shape index (κ1) is 24.1. The first-order valence-electron chi connectivity index (χ1n) is 10.9. The molecule has 0 saturated carbocycles. The molecule has 180 valence electrons. The summed E-state index contributed by atoms with van der Waals surface area (Å²) in [6.07, 6.45) is -3.94. The second kappa shape index (κ2) is 8.30. The van der Waals surface area contributed by atoms with Crippen LogP contribution in [0.1, 0.15) is 50.1 Å². The Balaban J connectivity index is 1.86. The summed E-state index contributed by atoms with van der Waals surface area (Å²) in [7, 11) is -4.02. The third-order valence-electron chi connectivity index (χ3n) is 5.88. The summed E-state index contributed by atoms with van der Waals surface area (Å²) in [5.74, 6) is -0.0129. The summed E-state index contributed by atoms with van der Waals surface area (Å²) in [6.45, 7) is 7.91. The molecule has 2 aromatic carbocycles. The average Bonchev–Trinajstić information content (AvgIpc) is 2.94. The summed E-state index contributed by atoms with van der Waals surface area (Å²) in [4.78, 5) is 3.86. The molecule has 0 atom stereocenters. The summed E-state index contributed by atoms with van der Waals surface area (Å²) in [6, 6.07) is 14.1. The molecule has 0 saturated heterocycles. The third kappa shape index (κ3) is 4.49. The Hall–Kier alpha value is -3.07. The van der Waals surface area contributed by atoms with E-state index in [0.29, 0.717) is 23.4 Å². The zero-order valence-corrected chi connectivity index (χ0v) is 20.2. The van der Waals surface area contributed by atoms with E-state index in [2.05, 4.69) is 10.3 Å². The number of benzene rings is 2. The van der Waals surface area contributed by atoms with Gasteiger partial charge in [0.1, 0.15) is 11.5 Å². The predicted octanol–water partition coefficient (Wildman–Crippen LogP) is 6.41. The van der Waals surface area contributed by atoms with Crippen molar-refractivity contribution in [1.29, 1.82) is 0 Å². The molecular weight excluding hydrogens is 463 g/mol. The minimum atomic E-state index is -4.61. The molecule has 1 aliphatic heterocycles. The number of hydrogen-bond acceptors (Lipinski definition) is 4. The van der Waals surface area contributed by atoms with E-state index in [0.717, 1.165) is 17.2 Å². The Kier molecular flexibility index (Phi) is 5.88. The maximum absolute atomic E-state index is 13.8. The number of nitrogens with one attached hydrogen (secondary N) is 1. The number of anilines is 3. The lowest BCUT2D eigenvalue weighted by Crippen LogP contribution is -2.30. The second-order valence-corrected chi connectivity index (χ2v) is 11.2. The van der Waals surface area contributed by atoms with E-state index in [4.69, 9.17) is 0 Å². The largest absolute Gasteiger partial charge is 0.433 e. The summed E-state index contributed by atoms with van der Waals surface area (Å²) >= 11 is 0. The molecule has 9 heteroatoms. The van der Waals surface area contributed by atoms with Gasteiger partial charge in [-0.3, -0.25) is 4.31 Å². The molecule has 0 unspecified atom stereocenters. The maximum Gasteiger partial charge on any atom is 0.433 e. The van der Waals surface area contributed by atoms with Crippen LogP contribution in [-0.4, -0.2) is 13.4 Å². The van der Waals surface area contributed by atoms with Crippen molar-refractivity contribution in [2.24, 2.45) is 0 Å². The van der Waals surface area contributed by atoms with Crippen LogP contribution in [-0.2, 0) is 34.6 Å². The smallest absolute Gasteiger partial charge is 0.338 e. The minimum Gasteiger partial charge on any atom is -0.338 e. The van der Waals surface area contributed by atoms with Gasteiger partial charge in [-0.05, 0) is 53.3 Å². The number of nitrogens with zero attached hydrogens (tertiary/aromatic N) is 2. The number of rotatable bonds is 3. The fourth-order valence-electron chi connectivity index (χ4n) is 3.83. The molecule has 0 spiro atoms. The fourth-order valence-corrected chi connectivity index (χ4v) is 5.28. The third-order valence-corrected chi connectivity index (χ3v) is 7.66. The molecule has 34 heavy (non-hydrogen) atoms. The van der Waals surface area contributed by atoms with E-state index in [1.807, 2.05) is 33.8 Å². The number of aromatic nitrogens is 1. The van der Waals surface area contributed by atoms with E-state index in [-0.39, 0.29) is 22.7 Å². The van der Waals surface area contributed by atoms with Gasteiger partial charge in [0.25, 0.3) is 10.0 Å². The van der Waals surface area contributed by atoms with Crippen molar-refractivity contribution in [3.8, 4) is 0 Å². The Bertz CT molecular complexity index is 1330. The lowest BCUT2D eigenvalue weighted by atomic mass is 9.87. The normalized spacial score (nSPS) is 14.1. The summed E-state index contributed by atoms with van der Waals surface area (Å²) in [5.41, 5.74) is 1.80. The number of aryl methyl sites for hydroxylation is 1. The van der Waals surface area contributed by atoms with Gasteiger partial charge in [0.15, 0.2) is 0 Å². The molecule has 0 amide bonds. The van der Waals surface area contributed by atoms with Gasteiger partial charge in [0.05, 0.1) is 22.8 Å². The SMILES string of the molecule is CCc1ccc2c(c1)N(S(=O)(=O)c1ccc(C(C)(C)C)cc1)Cc1ccc(C(F)(F)F)nc1N2. The van der Waals surface area contributed by atoms with Crippen molar-refractivity contribution in [2.75, 3.05) is 9.62 Å². The van der Waals surface area contributed by atoms with Crippen molar-refractivity contribution in [1.82, 2.24) is 4.98 Å². The van der Waals surface area contributed by atoms with Crippen LogP contribution in [0.2, 0.25) is 0 Å². The zero-order chi connectivity index (χ0) is 24.9. The number of fused-ring (bicyclic) bond motifs is 2. The highest BCUT2D eigenvalue weighted by Crippen LogP contribution is 2.40. The van der Waals surface area contributed by atoms with Gasteiger partial charge in [-0.1, -0.05) is 52.0 Å². The van der Waals surface area contributed by atoms with Crippen molar-refractivity contribution in [3.63, 3.8) is 0 Å². The topological polar surface area (TPSA) is 62.3 Å². The predicted molar refractivity (Wildman–Crippen MR) is 127 cm³/mol. The van der Waals surface area contributed by atoms with Crippen LogP contribution in [0.25, 0.3) is 0 Å². The molecule has 1 aliphatic rings. The van der Waals surface area contributed by atoms with Crippen molar-refractivity contribution >= 4 is 27.2 Å². The summed E-state index contributed by atoms with van der Waals surface area (Å²) in [5, 5.41) is 2.93. The lowest BCUT2D eigenvalue weighted by Gasteiger charge is -2.25. The van der Waals surface area contributed by atoms with Crippen LogP contribution in [0, 0.1) is 0 Å². The first-order valence-corrected chi connectivity index (χ1v) is 12.3. The van der Waals surface area contributed by atoms with Gasteiger partial charge in [-0.15, -0.1) is 0 Å². The van der Waals surface area contributed by atoms with Crippen LogP contribution in [0.5, 0.6) is 0 Å². The van der Waals surface area contributed by atoms with Crippen molar-refractivity contribution in [2.45, 2.75) is 57.1 Å². The van der Waals surface area contributed by atoms with Crippen LogP contribution in [0.4, 0.5) is 30.4 Å². The molecule has 0 radical (unpaired) electrons. The average molecular weight is 490 g/mol. The molecule has 0 bridgehead atoms. The maximum atomic E-state index is 13.8. The van der Waals surface area contributed by atoms with Crippen molar-refractivity contribution in [3.05, 3.63) is 77.0 Å². The highest BCUT2D eigenvalue weighted by atomic mass is 32.2. The molecule has 0 aliphatic carbocycles. The highest BCUT2D eigenvalue weighted by molar-refractivity contribution is 7.92. The number of sulfonamides is 1. The molecule has 2 heterocycles. The Morgan fingerprint density at radius 1 is 1.00 bits per heavy atom. The highest BCUT2D eigenvalue weighted by Gasteiger charge is 2.35. The molecule has 3 aromatic rings. The van der Waals surface area contributed by atoms with Crippen LogP contribution in [0.3, 0.4) is 0 Å². The fraction of sp³-hybridized carbons (Fsp3) is 0.320. The molecule has 1 N–H and O–H groups in total. The van der Waals surface area contributed by atoms with Gasteiger partial charge < -0.3 is 5.32 Å². The molecule has 4 rings (SSSR count). The Morgan fingerprint density at radius 2 is 1.68 bits per heavy atom. The van der Waals surface area contributed by atoms with Gasteiger partial charge in [0.2, 0.25) is 0 Å². The number of hydrogen-bond donors (Lipinski definition) is 1. The number of pyridine rings is 1. The molecule has 5 nitrogen and oxygen atoms in total. The quantitative estimate of drug-likeness (QED) is 0.462. The lowest BCUT2D eigenvalue weighted by molar-refractivity contribution is -0.141. The van der Waals surface area contributed by atoms with Gasteiger partial charge in [-0.2, -0.15) is 13.2 Å². The van der Waals surface area contributed by atoms with E-state index in [9.17, 15) is 21.6 Å². The standard InChI is InChI=1S/C25H26F3N3O2S/c1-5-16-6-12-20-21(14-16)31(15-17-7-13-22(25(26,27)28)30-23(17)29-20)34(32,33)19-10-8-18(9-11-19)24(2,3)4/h6-14H,5,15H2,1-4H3,(H,29,30). The molecular formula is C25H26F3N3O2S. The van der Waals surface area contributed by atoms with E-state index < -0.39 is 21.9 Å². The first-order chi connectivity index (χ1) is 15.8. The van der Waals surface area contributed by atoms with E-state index in [1.165, 1.54) is 10.4 Å². The minimum absolute atomic E-state index is 0.0129. The number of alkyl halides is 3. The van der Waals surface area contributed by atoms with Crippen LogP contribution in [0.15, 0.2) is 59.5 Å². The Morgan fingerprint density at radius 3 is 2.26 bits per heavy atom. The Labute approximate surface area is 197 Å². The zero-order valence-electron chi connectivity index (χ0n) is 19.4. The van der Waals surface area contributed by atoms with E-state index >= 15 is 0 Å². The molecule has 1 aromatic heterocycles. The van der Waals surface area contributed by atoms with Gasteiger partial charge in [0, 0.05) is 5.56 Å².